The van der Waals surface area contributed by atoms with E-state index in [0.29, 0.717) is 6.42 Å². The number of alkyl halides is 3. The van der Waals surface area contributed by atoms with Gasteiger partial charge in [-0.1, -0.05) is 12.1 Å². The van der Waals surface area contributed by atoms with E-state index in [4.69, 9.17) is 0 Å². The predicted molar refractivity (Wildman–Crippen MR) is 80.3 cm³/mol. The molecular formula is C15H16F3NO3S. The van der Waals surface area contributed by atoms with Crippen LogP contribution in [-0.2, 0) is 20.8 Å². The van der Waals surface area contributed by atoms with Crippen LogP contribution in [0.2, 0.25) is 0 Å². The van der Waals surface area contributed by atoms with Crippen LogP contribution in [0, 0.1) is 0 Å². The number of carbonyl (C=O) groups excluding carboxylic acids is 1. The average molecular weight is 347 g/mol. The Bertz CT molecular complexity index is 741. The van der Waals surface area contributed by atoms with Crippen LogP contribution in [0.4, 0.5) is 13.2 Å². The van der Waals surface area contributed by atoms with Gasteiger partial charge in [-0.25, -0.2) is 8.42 Å². The molecule has 1 aliphatic rings. The molecule has 1 aromatic carbocycles. The summed E-state index contributed by atoms with van der Waals surface area (Å²) in [6, 6.07) is 4.58. The Kier molecular flexibility index (Phi) is 4.57. The molecule has 0 spiro atoms. The highest BCUT2D eigenvalue weighted by Crippen LogP contribution is 2.29. The highest BCUT2D eigenvalue weighted by Gasteiger charge is 2.39. The van der Waals surface area contributed by atoms with Crippen LogP contribution in [0.5, 0.6) is 0 Å². The zero-order valence-corrected chi connectivity index (χ0v) is 13.2. The van der Waals surface area contributed by atoms with Crippen LogP contribution in [-0.4, -0.2) is 31.4 Å². The second kappa shape index (κ2) is 5.99. The van der Waals surface area contributed by atoms with Crippen molar-refractivity contribution in [3.63, 3.8) is 0 Å². The summed E-state index contributed by atoms with van der Waals surface area (Å²) in [5.74, 6) is -0.661. The molecule has 1 aliphatic heterocycles. The van der Waals surface area contributed by atoms with Gasteiger partial charge in [0.15, 0.2) is 9.84 Å². The minimum absolute atomic E-state index is 0.0150. The summed E-state index contributed by atoms with van der Waals surface area (Å²) < 4.78 is 60.7. The Morgan fingerprint density at radius 1 is 1.35 bits per heavy atom. The lowest BCUT2D eigenvalue weighted by molar-refractivity contribution is -0.137. The normalized spacial score (nSPS) is 24.0. The van der Waals surface area contributed by atoms with E-state index in [1.54, 1.807) is 6.92 Å². The van der Waals surface area contributed by atoms with Crippen LogP contribution >= 0.6 is 0 Å². The zero-order valence-electron chi connectivity index (χ0n) is 12.4. The van der Waals surface area contributed by atoms with Crippen molar-refractivity contribution >= 4 is 21.8 Å². The van der Waals surface area contributed by atoms with Crippen LogP contribution in [0.3, 0.4) is 0 Å². The Labute approximate surface area is 132 Å². The van der Waals surface area contributed by atoms with Crippen molar-refractivity contribution in [2.24, 2.45) is 0 Å². The van der Waals surface area contributed by atoms with Gasteiger partial charge in [0.25, 0.3) is 0 Å². The quantitative estimate of drug-likeness (QED) is 0.854. The van der Waals surface area contributed by atoms with Gasteiger partial charge in [0.2, 0.25) is 5.91 Å². The smallest absolute Gasteiger partial charge is 0.346 e. The van der Waals surface area contributed by atoms with Crippen LogP contribution in [0.1, 0.15) is 24.5 Å². The molecule has 0 bridgehead atoms. The Morgan fingerprint density at radius 3 is 2.61 bits per heavy atom. The molecule has 1 heterocycles. The Balaban J connectivity index is 2.05. The standard InChI is InChI=1S/C15H16F3NO3S/c1-14(7-8-23(21,22)10-14)19-13(20)6-5-11-3-2-4-12(9-11)15(16,17)18/h2-6,9H,7-8,10H2,1H3,(H,19,20). The van der Waals surface area contributed by atoms with E-state index in [-0.39, 0.29) is 17.1 Å². The van der Waals surface area contributed by atoms with Gasteiger partial charge in [0.05, 0.1) is 22.6 Å². The van der Waals surface area contributed by atoms with Gasteiger partial charge < -0.3 is 5.32 Å². The third kappa shape index (κ3) is 4.82. The number of nitrogens with one attached hydrogen (secondary N) is 1. The van der Waals surface area contributed by atoms with Gasteiger partial charge >= 0.3 is 6.18 Å². The first-order chi connectivity index (χ1) is 10.5. The minimum Gasteiger partial charge on any atom is -0.346 e. The number of amides is 1. The zero-order chi connectivity index (χ0) is 17.3. The second-order valence-electron chi connectivity index (χ2n) is 5.85. The van der Waals surface area contributed by atoms with E-state index >= 15 is 0 Å². The number of hydrogen-bond acceptors (Lipinski definition) is 3. The summed E-state index contributed by atoms with van der Waals surface area (Å²) in [6.07, 6.45) is -1.76. The second-order valence-corrected chi connectivity index (χ2v) is 8.03. The fraction of sp³-hybridized carbons (Fsp3) is 0.400. The van der Waals surface area contributed by atoms with E-state index in [1.807, 2.05) is 0 Å². The molecule has 1 amide bonds. The van der Waals surface area contributed by atoms with Gasteiger partial charge in [-0.15, -0.1) is 0 Å². The molecule has 0 saturated carbocycles. The van der Waals surface area contributed by atoms with Gasteiger partial charge in [-0.05, 0) is 37.1 Å². The first-order valence-electron chi connectivity index (χ1n) is 6.87. The van der Waals surface area contributed by atoms with Gasteiger partial charge in [0.1, 0.15) is 0 Å². The molecule has 1 N–H and O–H groups in total. The van der Waals surface area contributed by atoms with E-state index in [0.717, 1.165) is 18.2 Å². The molecule has 1 saturated heterocycles. The van der Waals surface area contributed by atoms with Gasteiger partial charge in [0, 0.05) is 6.08 Å². The predicted octanol–water partition coefficient (Wildman–Crippen LogP) is 2.41. The molecule has 1 unspecified atom stereocenters. The topological polar surface area (TPSA) is 63.2 Å². The molecule has 2 rings (SSSR count). The van der Waals surface area contributed by atoms with E-state index in [1.165, 1.54) is 18.2 Å². The third-order valence-corrected chi connectivity index (χ3v) is 5.47. The lowest BCUT2D eigenvalue weighted by Crippen LogP contribution is -2.46. The Morgan fingerprint density at radius 2 is 2.04 bits per heavy atom. The van der Waals surface area contributed by atoms with Crippen molar-refractivity contribution in [1.29, 1.82) is 0 Å². The molecule has 1 fully saturated rings. The fourth-order valence-electron chi connectivity index (χ4n) is 2.44. The number of hydrogen-bond donors (Lipinski definition) is 1. The highest BCUT2D eigenvalue weighted by molar-refractivity contribution is 7.91. The first kappa shape index (κ1) is 17.5. The van der Waals surface area contributed by atoms with E-state index in [9.17, 15) is 26.4 Å². The monoisotopic (exact) mass is 347 g/mol. The SMILES string of the molecule is CC1(NC(=O)C=Cc2cccc(C(F)(F)F)c2)CCS(=O)(=O)C1. The first-order valence-corrected chi connectivity index (χ1v) is 8.69. The molecule has 8 heteroatoms. The molecule has 1 aromatic rings. The van der Waals surface area contributed by atoms with E-state index in [2.05, 4.69) is 5.32 Å². The number of carbonyl (C=O) groups is 1. The summed E-state index contributed by atoms with van der Waals surface area (Å²) >= 11 is 0. The Hall–Kier alpha value is -1.83. The van der Waals surface area contributed by atoms with Crippen molar-refractivity contribution in [1.82, 2.24) is 5.32 Å². The summed E-state index contributed by atoms with van der Waals surface area (Å²) in [6.45, 7) is 1.63. The third-order valence-electron chi connectivity index (χ3n) is 3.57. The summed E-state index contributed by atoms with van der Waals surface area (Å²) in [4.78, 5) is 11.9. The van der Waals surface area contributed by atoms with Crippen molar-refractivity contribution < 1.29 is 26.4 Å². The van der Waals surface area contributed by atoms with Crippen molar-refractivity contribution in [2.75, 3.05) is 11.5 Å². The minimum atomic E-state index is -4.45. The average Bonchev–Trinajstić information content (AvgIpc) is 2.69. The van der Waals surface area contributed by atoms with Gasteiger partial charge in [-0.3, -0.25) is 4.79 Å². The molecule has 126 valence electrons. The lowest BCUT2D eigenvalue weighted by Gasteiger charge is -2.22. The van der Waals surface area contributed by atoms with Crippen molar-refractivity contribution in [2.45, 2.75) is 25.1 Å². The maximum atomic E-state index is 12.6. The summed E-state index contributed by atoms with van der Waals surface area (Å²) in [5.41, 5.74) is -1.40. The van der Waals surface area contributed by atoms with Crippen molar-refractivity contribution in [3.8, 4) is 0 Å². The molecule has 23 heavy (non-hydrogen) atoms. The molecule has 0 radical (unpaired) electrons. The number of rotatable bonds is 3. The van der Waals surface area contributed by atoms with E-state index < -0.39 is 33.0 Å². The maximum absolute atomic E-state index is 12.6. The van der Waals surface area contributed by atoms with Crippen molar-refractivity contribution in [3.05, 3.63) is 41.5 Å². The van der Waals surface area contributed by atoms with Crippen LogP contribution in [0.15, 0.2) is 30.3 Å². The molecule has 0 aromatic heterocycles. The van der Waals surface area contributed by atoms with Gasteiger partial charge in [-0.2, -0.15) is 13.2 Å². The number of sulfone groups is 1. The fourth-order valence-corrected chi connectivity index (χ4v) is 4.53. The molecule has 0 aliphatic carbocycles. The summed E-state index contributed by atoms with van der Waals surface area (Å²) in [5, 5.41) is 2.60. The maximum Gasteiger partial charge on any atom is 0.416 e. The number of benzene rings is 1. The largest absolute Gasteiger partial charge is 0.416 e. The highest BCUT2D eigenvalue weighted by atomic mass is 32.2. The van der Waals surface area contributed by atoms with Crippen LogP contribution < -0.4 is 5.32 Å². The molecule has 4 nitrogen and oxygen atoms in total. The number of halogens is 3. The molecule has 1 atom stereocenters. The lowest BCUT2D eigenvalue weighted by atomic mass is 10.0. The van der Waals surface area contributed by atoms with Crippen LogP contribution in [0.25, 0.3) is 6.08 Å². The summed E-state index contributed by atoms with van der Waals surface area (Å²) in [7, 11) is -3.15. The molecular weight excluding hydrogens is 331 g/mol.